The zero-order valence-electron chi connectivity index (χ0n) is 14.2. The number of rotatable bonds is 7. The number of hydrogen-bond donors (Lipinski definition) is 2. The van der Waals surface area contributed by atoms with Crippen molar-refractivity contribution < 1.29 is 28.6 Å². The minimum atomic E-state index is -1.12. The smallest absolute Gasteiger partial charge is 0.344 e. The summed E-state index contributed by atoms with van der Waals surface area (Å²) in [7, 11) is 1.49. The van der Waals surface area contributed by atoms with E-state index in [1.54, 1.807) is 19.1 Å². The predicted molar refractivity (Wildman–Crippen MR) is 86.0 cm³/mol. The highest BCUT2D eigenvalue weighted by molar-refractivity contribution is 5.97. The van der Waals surface area contributed by atoms with E-state index in [1.807, 2.05) is 13.0 Å². The Kier molecular flexibility index (Phi) is 7.54. The number of ether oxygens (including phenoxy) is 3. The SMILES string of the molecule is CCNC(=O)NC(=O)[C@@H](C)OC(=O)COc1ccc(C)cc1OC. The fraction of sp³-hybridized carbons (Fsp3) is 0.438. The second-order valence-corrected chi connectivity index (χ2v) is 4.92. The summed E-state index contributed by atoms with van der Waals surface area (Å²) in [5.41, 5.74) is 0.984. The Bertz CT molecular complexity index is 602. The topological polar surface area (TPSA) is 103 Å². The number of carbonyl (C=O) groups excluding carboxylic acids is 3. The molecule has 0 fully saturated rings. The maximum atomic E-state index is 11.7. The number of esters is 1. The predicted octanol–water partition coefficient (Wildman–Crippen LogP) is 1.16. The molecule has 24 heavy (non-hydrogen) atoms. The lowest BCUT2D eigenvalue weighted by Crippen LogP contribution is -2.44. The van der Waals surface area contributed by atoms with E-state index in [4.69, 9.17) is 14.2 Å². The largest absolute Gasteiger partial charge is 0.493 e. The number of carbonyl (C=O) groups is 3. The molecule has 1 rings (SSSR count). The summed E-state index contributed by atoms with van der Waals surface area (Å²) in [5, 5.41) is 4.46. The van der Waals surface area contributed by atoms with E-state index >= 15 is 0 Å². The third-order valence-corrected chi connectivity index (χ3v) is 2.92. The van der Waals surface area contributed by atoms with Crippen molar-refractivity contribution in [2.45, 2.75) is 26.9 Å². The van der Waals surface area contributed by atoms with Gasteiger partial charge in [-0.15, -0.1) is 0 Å². The number of urea groups is 1. The van der Waals surface area contributed by atoms with Gasteiger partial charge in [-0.05, 0) is 38.5 Å². The molecule has 1 aromatic rings. The van der Waals surface area contributed by atoms with Crippen LogP contribution in [0.1, 0.15) is 19.4 Å². The molecule has 0 aliphatic rings. The van der Waals surface area contributed by atoms with E-state index in [-0.39, 0.29) is 0 Å². The van der Waals surface area contributed by atoms with Gasteiger partial charge in [0, 0.05) is 6.54 Å². The van der Waals surface area contributed by atoms with Crippen LogP contribution in [0, 0.1) is 6.92 Å². The average molecular weight is 338 g/mol. The lowest BCUT2D eigenvalue weighted by atomic mass is 10.2. The maximum Gasteiger partial charge on any atom is 0.344 e. The van der Waals surface area contributed by atoms with Gasteiger partial charge in [-0.2, -0.15) is 0 Å². The number of methoxy groups -OCH3 is 1. The molecule has 2 N–H and O–H groups in total. The van der Waals surface area contributed by atoms with Gasteiger partial charge in [0.25, 0.3) is 5.91 Å². The Labute approximate surface area is 140 Å². The van der Waals surface area contributed by atoms with E-state index in [1.165, 1.54) is 14.0 Å². The van der Waals surface area contributed by atoms with Crippen LogP contribution < -0.4 is 20.1 Å². The van der Waals surface area contributed by atoms with E-state index < -0.39 is 30.6 Å². The molecular formula is C16H22N2O6. The van der Waals surface area contributed by atoms with Crippen LogP contribution in [0.25, 0.3) is 0 Å². The second-order valence-electron chi connectivity index (χ2n) is 4.92. The molecule has 1 atom stereocenters. The van der Waals surface area contributed by atoms with Gasteiger partial charge in [0.15, 0.2) is 24.2 Å². The molecule has 0 aliphatic heterocycles. The van der Waals surface area contributed by atoms with Gasteiger partial charge in [0.1, 0.15) is 0 Å². The zero-order chi connectivity index (χ0) is 18.1. The van der Waals surface area contributed by atoms with Crippen LogP contribution in [0.5, 0.6) is 11.5 Å². The number of aryl methyl sites for hydroxylation is 1. The number of hydrogen-bond acceptors (Lipinski definition) is 6. The first-order valence-electron chi connectivity index (χ1n) is 7.43. The van der Waals surface area contributed by atoms with Crippen LogP contribution in [0.4, 0.5) is 4.79 Å². The highest BCUT2D eigenvalue weighted by Crippen LogP contribution is 2.27. The summed E-state index contributed by atoms with van der Waals surface area (Å²) in [6.45, 7) is 4.95. The van der Waals surface area contributed by atoms with Crippen molar-refractivity contribution in [3.63, 3.8) is 0 Å². The molecule has 8 nitrogen and oxygen atoms in total. The molecule has 0 aromatic heterocycles. The lowest BCUT2D eigenvalue weighted by Gasteiger charge is -2.14. The summed E-state index contributed by atoms with van der Waals surface area (Å²) >= 11 is 0. The molecule has 1 aromatic carbocycles. The van der Waals surface area contributed by atoms with Crippen molar-refractivity contribution in [2.75, 3.05) is 20.3 Å². The van der Waals surface area contributed by atoms with Gasteiger partial charge in [0.2, 0.25) is 0 Å². The molecule has 0 saturated carbocycles. The molecule has 0 aliphatic carbocycles. The minimum Gasteiger partial charge on any atom is -0.493 e. The maximum absolute atomic E-state index is 11.7. The Morgan fingerprint density at radius 3 is 2.54 bits per heavy atom. The molecule has 0 radical (unpaired) electrons. The Morgan fingerprint density at radius 2 is 1.92 bits per heavy atom. The van der Waals surface area contributed by atoms with E-state index in [0.717, 1.165) is 5.56 Å². The van der Waals surface area contributed by atoms with E-state index in [9.17, 15) is 14.4 Å². The fourth-order valence-electron chi connectivity index (χ4n) is 1.73. The van der Waals surface area contributed by atoms with Crippen molar-refractivity contribution in [2.24, 2.45) is 0 Å². The first-order valence-corrected chi connectivity index (χ1v) is 7.43. The van der Waals surface area contributed by atoms with Gasteiger partial charge < -0.3 is 19.5 Å². The summed E-state index contributed by atoms with van der Waals surface area (Å²) < 4.78 is 15.4. The van der Waals surface area contributed by atoms with Crippen molar-refractivity contribution >= 4 is 17.9 Å². The Morgan fingerprint density at radius 1 is 1.21 bits per heavy atom. The molecule has 8 heteroatoms. The Hall–Kier alpha value is -2.77. The molecule has 0 heterocycles. The van der Waals surface area contributed by atoms with Crippen LogP contribution in [0.3, 0.4) is 0 Å². The van der Waals surface area contributed by atoms with Crippen LogP contribution in [0.2, 0.25) is 0 Å². The van der Waals surface area contributed by atoms with Crippen LogP contribution >= 0.6 is 0 Å². The quantitative estimate of drug-likeness (QED) is 0.723. The summed E-state index contributed by atoms with van der Waals surface area (Å²) in [4.78, 5) is 34.6. The van der Waals surface area contributed by atoms with E-state index in [0.29, 0.717) is 18.0 Å². The molecular weight excluding hydrogens is 316 g/mol. The van der Waals surface area contributed by atoms with Crippen molar-refractivity contribution in [3.8, 4) is 11.5 Å². The van der Waals surface area contributed by atoms with Gasteiger partial charge in [-0.1, -0.05) is 6.07 Å². The van der Waals surface area contributed by atoms with Crippen LogP contribution in [-0.2, 0) is 14.3 Å². The summed E-state index contributed by atoms with van der Waals surface area (Å²) in [6.07, 6.45) is -1.12. The molecule has 0 spiro atoms. The third kappa shape index (κ3) is 6.15. The van der Waals surface area contributed by atoms with E-state index in [2.05, 4.69) is 10.6 Å². The number of amides is 3. The van der Waals surface area contributed by atoms with Gasteiger partial charge in [0.05, 0.1) is 7.11 Å². The monoisotopic (exact) mass is 338 g/mol. The van der Waals surface area contributed by atoms with Gasteiger partial charge >= 0.3 is 12.0 Å². The number of imide groups is 1. The molecule has 132 valence electrons. The van der Waals surface area contributed by atoms with Crippen molar-refractivity contribution in [1.29, 1.82) is 0 Å². The van der Waals surface area contributed by atoms with Crippen molar-refractivity contribution in [3.05, 3.63) is 23.8 Å². The van der Waals surface area contributed by atoms with Gasteiger partial charge in [-0.3, -0.25) is 10.1 Å². The Balaban J connectivity index is 2.48. The molecule has 0 saturated heterocycles. The number of nitrogens with one attached hydrogen (secondary N) is 2. The zero-order valence-corrected chi connectivity index (χ0v) is 14.2. The molecule has 0 unspecified atom stereocenters. The molecule has 3 amide bonds. The lowest BCUT2D eigenvalue weighted by molar-refractivity contribution is -0.156. The minimum absolute atomic E-state index is 0.375. The molecule has 0 bridgehead atoms. The second kappa shape index (κ2) is 9.39. The van der Waals surface area contributed by atoms with Crippen LogP contribution in [0.15, 0.2) is 18.2 Å². The summed E-state index contributed by atoms with van der Waals surface area (Å²) in [5.74, 6) is -0.581. The van der Waals surface area contributed by atoms with Gasteiger partial charge in [-0.25, -0.2) is 9.59 Å². The van der Waals surface area contributed by atoms with Crippen LogP contribution in [-0.4, -0.2) is 44.3 Å². The normalized spacial score (nSPS) is 11.2. The number of benzene rings is 1. The average Bonchev–Trinajstić information content (AvgIpc) is 2.53. The van der Waals surface area contributed by atoms with Crippen molar-refractivity contribution in [1.82, 2.24) is 10.6 Å². The first-order chi connectivity index (χ1) is 11.4. The highest BCUT2D eigenvalue weighted by atomic mass is 16.6. The first kappa shape index (κ1) is 19.3. The standard InChI is InChI=1S/C16H22N2O6/c1-5-17-16(21)18-15(20)11(3)24-14(19)9-23-12-7-6-10(2)8-13(12)22-4/h6-8,11H,5,9H2,1-4H3,(H2,17,18,20,21)/t11-/m1/s1. The third-order valence-electron chi connectivity index (χ3n) is 2.92. The highest BCUT2D eigenvalue weighted by Gasteiger charge is 2.20. The summed E-state index contributed by atoms with van der Waals surface area (Å²) in [6, 6.07) is 4.60. The fourth-order valence-corrected chi connectivity index (χ4v) is 1.73.